The molecule has 2 aromatic rings. The molecule has 0 aliphatic carbocycles. The molecule has 0 aliphatic rings. The zero-order valence-electron chi connectivity index (χ0n) is 11.9. The highest BCUT2D eigenvalue weighted by molar-refractivity contribution is 9.10. The van der Waals surface area contributed by atoms with E-state index in [9.17, 15) is 4.79 Å². The van der Waals surface area contributed by atoms with E-state index in [1.807, 2.05) is 49.4 Å². The Kier molecular flexibility index (Phi) is 5.42. The number of halogens is 2. The van der Waals surface area contributed by atoms with E-state index >= 15 is 0 Å². The fourth-order valence-corrected chi connectivity index (χ4v) is 2.65. The summed E-state index contributed by atoms with van der Waals surface area (Å²) >= 11 is 6.82. The van der Waals surface area contributed by atoms with Crippen molar-refractivity contribution < 1.29 is 4.79 Å². The highest BCUT2D eigenvalue weighted by Gasteiger charge is 2.10. The minimum absolute atomic E-state index is 0.122. The largest absolute Gasteiger partial charge is 0.323 e. The molecule has 0 aromatic heterocycles. The van der Waals surface area contributed by atoms with Crippen LogP contribution in [-0.4, -0.2) is 18.0 Å². The molecule has 0 heterocycles. The van der Waals surface area contributed by atoms with Gasteiger partial charge >= 0.3 is 6.03 Å². The zero-order chi connectivity index (χ0) is 15.4. The molecule has 3 nitrogen and oxygen atoms in total. The molecule has 0 bridgehead atoms. The van der Waals surface area contributed by atoms with Crippen LogP contribution in [0.25, 0.3) is 0 Å². The van der Waals surface area contributed by atoms with Crippen LogP contribution in [0.3, 0.4) is 0 Å². The van der Waals surface area contributed by atoms with Crippen LogP contribution in [0, 0.1) is 6.92 Å². The summed E-state index contributed by atoms with van der Waals surface area (Å²) in [6, 6.07) is 13.6. The third-order valence-corrected chi connectivity index (χ3v) is 4.13. The maximum atomic E-state index is 12.2. The highest BCUT2D eigenvalue weighted by atomic mass is 79.9. The van der Waals surface area contributed by atoms with E-state index in [1.54, 1.807) is 11.9 Å². The number of hydrogen-bond donors (Lipinski definition) is 1. The molecule has 0 radical (unpaired) electrons. The Morgan fingerprint density at radius 2 is 1.71 bits per heavy atom. The van der Waals surface area contributed by atoms with Crippen LogP contribution in [0.15, 0.2) is 51.4 Å². The standard InChI is InChI=1S/C16H16Br2N2O/c1-11-9-14(18)7-8-15(11)19-16(21)20(2)10-12-3-5-13(17)6-4-12/h3-9H,10H2,1-2H3,(H,19,21). The first-order chi connectivity index (χ1) is 9.95. The first kappa shape index (κ1) is 16.0. The van der Waals surface area contributed by atoms with Crippen molar-refractivity contribution >= 4 is 43.6 Å². The first-order valence-corrected chi connectivity index (χ1v) is 8.07. The average Bonchev–Trinajstić information content (AvgIpc) is 2.44. The van der Waals surface area contributed by atoms with Gasteiger partial charge in [0.05, 0.1) is 0 Å². The van der Waals surface area contributed by atoms with Gasteiger partial charge in [0, 0.05) is 28.2 Å². The van der Waals surface area contributed by atoms with Gasteiger partial charge in [0.1, 0.15) is 0 Å². The van der Waals surface area contributed by atoms with Crippen molar-refractivity contribution in [1.82, 2.24) is 4.90 Å². The molecular formula is C16H16Br2N2O. The minimum atomic E-state index is -0.122. The van der Waals surface area contributed by atoms with Crippen LogP contribution < -0.4 is 5.32 Å². The molecule has 0 unspecified atom stereocenters. The number of nitrogens with zero attached hydrogens (tertiary/aromatic N) is 1. The lowest BCUT2D eigenvalue weighted by molar-refractivity contribution is 0.220. The van der Waals surface area contributed by atoms with Gasteiger partial charge < -0.3 is 10.2 Å². The fourth-order valence-electron chi connectivity index (χ4n) is 1.91. The zero-order valence-corrected chi connectivity index (χ0v) is 15.0. The lowest BCUT2D eigenvalue weighted by atomic mass is 10.2. The van der Waals surface area contributed by atoms with Crippen molar-refractivity contribution in [2.75, 3.05) is 12.4 Å². The molecule has 0 saturated carbocycles. The minimum Gasteiger partial charge on any atom is -0.323 e. The van der Waals surface area contributed by atoms with Crippen molar-refractivity contribution in [3.8, 4) is 0 Å². The summed E-state index contributed by atoms with van der Waals surface area (Å²) in [5.74, 6) is 0. The molecule has 2 amide bonds. The quantitative estimate of drug-likeness (QED) is 0.740. The number of rotatable bonds is 3. The van der Waals surface area contributed by atoms with Crippen molar-refractivity contribution in [3.63, 3.8) is 0 Å². The average molecular weight is 412 g/mol. The Morgan fingerprint density at radius 1 is 1.10 bits per heavy atom. The van der Waals surface area contributed by atoms with E-state index in [2.05, 4.69) is 37.2 Å². The van der Waals surface area contributed by atoms with Crippen LogP contribution in [0.5, 0.6) is 0 Å². The van der Waals surface area contributed by atoms with Crippen LogP contribution >= 0.6 is 31.9 Å². The van der Waals surface area contributed by atoms with Gasteiger partial charge in [-0.15, -0.1) is 0 Å². The van der Waals surface area contributed by atoms with E-state index in [-0.39, 0.29) is 6.03 Å². The van der Waals surface area contributed by atoms with Gasteiger partial charge in [0.2, 0.25) is 0 Å². The van der Waals surface area contributed by atoms with E-state index < -0.39 is 0 Å². The SMILES string of the molecule is Cc1cc(Br)ccc1NC(=O)N(C)Cc1ccc(Br)cc1. The van der Waals surface area contributed by atoms with Gasteiger partial charge in [0.25, 0.3) is 0 Å². The summed E-state index contributed by atoms with van der Waals surface area (Å²) in [5.41, 5.74) is 2.93. The molecule has 21 heavy (non-hydrogen) atoms. The molecule has 1 N–H and O–H groups in total. The second-order valence-corrected chi connectivity index (χ2v) is 6.70. The summed E-state index contributed by atoms with van der Waals surface area (Å²) < 4.78 is 2.03. The van der Waals surface area contributed by atoms with Crippen molar-refractivity contribution in [2.24, 2.45) is 0 Å². The van der Waals surface area contributed by atoms with Gasteiger partial charge in [-0.05, 0) is 48.4 Å². The molecule has 0 fully saturated rings. The molecule has 2 aromatic carbocycles. The molecule has 5 heteroatoms. The lowest BCUT2D eigenvalue weighted by Crippen LogP contribution is -2.31. The second kappa shape index (κ2) is 7.09. The number of hydrogen-bond acceptors (Lipinski definition) is 1. The van der Waals surface area contributed by atoms with E-state index in [4.69, 9.17) is 0 Å². The number of amides is 2. The molecule has 0 atom stereocenters. The normalized spacial score (nSPS) is 10.3. The topological polar surface area (TPSA) is 32.3 Å². The van der Waals surface area contributed by atoms with Gasteiger partial charge in [-0.1, -0.05) is 44.0 Å². The maximum Gasteiger partial charge on any atom is 0.321 e. The summed E-state index contributed by atoms with van der Waals surface area (Å²) in [6.45, 7) is 2.53. The molecule has 110 valence electrons. The van der Waals surface area contributed by atoms with Crippen molar-refractivity contribution in [1.29, 1.82) is 0 Å². The second-order valence-electron chi connectivity index (χ2n) is 4.87. The number of nitrogens with one attached hydrogen (secondary N) is 1. The third kappa shape index (κ3) is 4.58. The number of carbonyl (C=O) groups excluding carboxylic acids is 1. The van der Waals surface area contributed by atoms with Crippen LogP contribution in [0.4, 0.5) is 10.5 Å². The number of urea groups is 1. The summed E-state index contributed by atoms with van der Waals surface area (Å²) in [4.78, 5) is 13.9. The molecule has 2 rings (SSSR count). The number of carbonyl (C=O) groups is 1. The summed E-state index contributed by atoms with van der Waals surface area (Å²) in [6.07, 6.45) is 0. The Balaban J connectivity index is 2.00. The Bertz CT molecular complexity index is 641. The fraction of sp³-hybridized carbons (Fsp3) is 0.188. The molecule has 0 aliphatic heterocycles. The lowest BCUT2D eigenvalue weighted by Gasteiger charge is -2.19. The molecule has 0 saturated heterocycles. The van der Waals surface area contributed by atoms with Crippen LogP contribution in [0.2, 0.25) is 0 Å². The van der Waals surface area contributed by atoms with Gasteiger partial charge in [0.15, 0.2) is 0 Å². The van der Waals surface area contributed by atoms with E-state index in [1.165, 1.54) is 0 Å². The Morgan fingerprint density at radius 3 is 2.33 bits per heavy atom. The monoisotopic (exact) mass is 410 g/mol. The number of benzene rings is 2. The van der Waals surface area contributed by atoms with Gasteiger partial charge in [-0.3, -0.25) is 0 Å². The highest BCUT2D eigenvalue weighted by Crippen LogP contribution is 2.20. The number of aryl methyl sites for hydroxylation is 1. The Hall–Kier alpha value is -1.33. The first-order valence-electron chi connectivity index (χ1n) is 6.48. The summed E-state index contributed by atoms with van der Waals surface area (Å²) in [5, 5.41) is 2.93. The predicted molar refractivity (Wildman–Crippen MR) is 93.5 cm³/mol. The van der Waals surface area contributed by atoms with Crippen molar-refractivity contribution in [3.05, 3.63) is 62.5 Å². The predicted octanol–water partition coefficient (Wildman–Crippen LogP) is 5.18. The van der Waals surface area contributed by atoms with Crippen LogP contribution in [-0.2, 0) is 6.54 Å². The number of anilines is 1. The molecular weight excluding hydrogens is 396 g/mol. The Labute approximate surface area is 141 Å². The third-order valence-electron chi connectivity index (χ3n) is 3.11. The molecule has 0 spiro atoms. The van der Waals surface area contributed by atoms with Crippen LogP contribution in [0.1, 0.15) is 11.1 Å². The maximum absolute atomic E-state index is 12.2. The smallest absolute Gasteiger partial charge is 0.321 e. The van der Waals surface area contributed by atoms with Gasteiger partial charge in [-0.2, -0.15) is 0 Å². The summed E-state index contributed by atoms with van der Waals surface area (Å²) in [7, 11) is 1.78. The van der Waals surface area contributed by atoms with Gasteiger partial charge in [-0.25, -0.2) is 4.79 Å². The van der Waals surface area contributed by atoms with E-state index in [0.29, 0.717) is 6.54 Å². The van der Waals surface area contributed by atoms with Crippen molar-refractivity contribution in [2.45, 2.75) is 13.5 Å². The van der Waals surface area contributed by atoms with E-state index in [0.717, 1.165) is 25.8 Å².